The zero-order chi connectivity index (χ0) is 16.0. The number of methoxy groups -OCH3 is 1. The van der Waals surface area contributed by atoms with E-state index in [9.17, 15) is 8.42 Å². The van der Waals surface area contributed by atoms with Crippen molar-refractivity contribution >= 4 is 27.3 Å². The number of halogens is 1. The van der Waals surface area contributed by atoms with Crippen LogP contribution in [0.15, 0.2) is 23.1 Å². The minimum Gasteiger partial charge on any atom is -0.397 e. The van der Waals surface area contributed by atoms with Gasteiger partial charge in [-0.1, -0.05) is 25.4 Å². The number of hydrogen-bond acceptors (Lipinski definition) is 4. The molecular formula is C14H23ClN2O3S. The largest absolute Gasteiger partial charge is 0.397 e. The van der Waals surface area contributed by atoms with Gasteiger partial charge in [0.25, 0.3) is 0 Å². The van der Waals surface area contributed by atoms with Crippen LogP contribution in [0.25, 0.3) is 0 Å². The van der Waals surface area contributed by atoms with E-state index in [0.717, 1.165) is 12.8 Å². The Kier molecular flexibility index (Phi) is 6.93. The predicted molar refractivity (Wildman–Crippen MR) is 86.0 cm³/mol. The molecule has 5 nitrogen and oxygen atoms in total. The molecule has 0 aliphatic carbocycles. The Morgan fingerprint density at radius 3 is 2.43 bits per heavy atom. The van der Waals surface area contributed by atoms with Gasteiger partial charge < -0.3 is 10.5 Å². The molecule has 120 valence electrons. The molecule has 0 aromatic heterocycles. The number of hydrogen-bond donors (Lipinski definition) is 1. The summed E-state index contributed by atoms with van der Waals surface area (Å²) < 4.78 is 32.2. The zero-order valence-electron chi connectivity index (χ0n) is 12.7. The molecule has 0 aliphatic heterocycles. The Hall–Kier alpha value is -0.820. The summed E-state index contributed by atoms with van der Waals surface area (Å²) in [5.74, 6) is 0. The van der Waals surface area contributed by atoms with E-state index in [0.29, 0.717) is 18.2 Å². The van der Waals surface area contributed by atoms with E-state index in [-0.39, 0.29) is 16.6 Å². The fourth-order valence-electron chi connectivity index (χ4n) is 2.19. The molecular weight excluding hydrogens is 312 g/mol. The van der Waals surface area contributed by atoms with E-state index in [4.69, 9.17) is 22.1 Å². The molecule has 0 atom stereocenters. The molecule has 0 bridgehead atoms. The molecule has 21 heavy (non-hydrogen) atoms. The SMILES string of the molecule is CCC(CC)N(CCOC)S(=O)(=O)c1ccc(Cl)c(N)c1. The number of nitrogens with zero attached hydrogens (tertiary/aromatic N) is 1. The average Bonchev–Trinajstić information content (AvgIpc) is 2.46. The summed E-state index contributed by atoms with van der Waals surface area (Å²) in [6.07, 6.45) is 1.48. The summed E-state index contributed by atoms with van der Waals surface area (Å²) in [6, 6.07) is 4.32. The molecule has 1 rings (SSSR count). The van der Waals surface area contributed by atoms with E-state index in [1.54, 1.807) is 7.11 Å². The lowest BCUT2D eigenvalue weighted by molar-refractivity contribution is 0.163. The molecule has 1 aromatic carbocycles. The van der Waals surface area contributed by atoms with Gasteiger partial charge >= 0.3 is 0 Å². The first-order valence-electron chi connectivity index (χ1n) is 6.94. The predicted octanol–water partition coefficient (Wildman–Crippen LogP) is 2.75. The van der Waals surface area contributed by atoms with Crippen molar-refractivity contribution in [1.82, 2.24) is 4.31 Å². The minimum atomic E-state index is -3.62. The molecule has 0 radical (unpaired) electrons. The van der Waals surface area contributed by atoms with Crippen molar-refractivity contribution in [3.05, 3.63) is 23.2 Å². The summed E-state index contributed by atoms with van der Waals surface area (Å²) in [5, 5.41) is 0.347. The van der Waals surface area contributed by atoms with Gasteiger partial charge in [0.15, 0.2) is 0 Å². The number of benzene rings is 1. The third kappa shape index (κ3) is 4.32. The molecule has 0 heterocycles. The van der Waals surface area contributed by atoms with Gasteiger partial charge in [0.2, 0.25) is 10.0 Å². The summed E-state index contributed by atoms with van der Waals surface area (Å²) >= 11 is 5.86. The first kappa shape index (κ1) is 18.2. The van der Waals surface area contributed by atoms with Gasteiger partial charge in [0.1, 0.15) is 0 Å². The number of nitrogen functional groups attached to an aromatic ring is 1. The molecule has 0 saturated carbocycles. The minimum absolute atomic E-state index is 0.0675. The van der Waals surface area contributed by atoms with E-state index < -0.39 is 10.0 Å². The average molecular weight is 335 g/mol. The second kappa shape index (κ2) is 7.98. The van der Waals surface area contributed by atoms with E-state index in [1.807, 2.05) is 13.8 Å². The van der Waals surface area contributed by atoms with Gasteiger partial charge in [-0.3, -0.25) is 0 Å². The van der Waals surface area contributed by atoms with Crippen LogP contribution in [0, 0.1) is 0 Å². The van der Waals surface area contributed by atoms with Crippen molar-refractivity contribution in [3.63, 3.8) is 0 Å². The molecule has 0 amide bonds. The van der Waals surface area contributed by atoms with Crippen molar-refractivity contribution in [2.45, 2.75) is 37.6 Å². The van der Waals surface area contributed by atoms with Crippen LogP contribution in [0.3, 0.4) is 0 Å². The molecule has 0 spiro atoms. The molecule has 0 aliphatic rings. The molecule has 0 unspecified atom stereocenters. The lowest BCUT2D eigenvalue weighted by atomic mass is 10.2. The van der Waals surface area contributed by atoms with Crippen molar-refractivity contribution in [2.75, 3.05) is 26.0 Å². The summed E-state index contributed by atoms with van der Waals surface area (Å²) in [4.78, 5) is 0.160. The lowest BCUT2D eigenvalue weighted by Gasteiger charge is -2.29. The number of ether oxygens (including phenoxy) is 1. The van der Waals surface area contributed by atoms with Gasteiger partial charge in [-0.2, -0.15) is 4.31 Å². The smallest absolute Gasteiger partial charge is 0.243 e. The highest BCUT2D eigenvalue weighted by atomic mass is 35.5. The third-order valence-corrected chi connectivity index (χ3v) is 5.73. The first-order chi connectivity index (χ1) is 9.88. The topological polar surface area (TPSA) is 72.6 Å². The van der Waals surface area contributed by atoms with Gasteiger partial charge in [-0.15, -0.1) is 0 Å². The Labute approximate surface area is 132 Å². The van der Waals surface area contributed by atoms with Crippen molar-refractivity contribution in [3.8, 4) is 0 Å². The molecule has 2 N–H and O–H groups in total. The standard InChI is InChI=1S/C14H23ClN2O3S/c1-4-11(5-2)17(8-9-20-3)21(18,19)12-6-7-13(15)14(16)10-12/h6-7,10-11H,4-5,8-9,16H2,1-3H3. The fraction of sp³-hybridized carbons (Fsp3) is 0.571. The van der Waals surface area contributed by atoms with Gasteiger partial charge in [0, 0.05) is 19.7 Å². The van der Waals surface area contributed by atoms with Crippen molar-refractivity contribution in [2.24, 2.45) is 0 Å². The Morgan fingerprint density at radius 1 is 1.33 bits per heavy atom. The number of rotatable bonds is 8. The highest BCUT2D eigenvalue weighted by Crippen LogP contribution is 2.26. The van der Waals surface area contributed by atoms with Crippen LogP contribution < -0.4 is 5.73 Å². The summed E-state index contributed by atoms with van der Waals surface area (Å²) in [5.41, 5.74) is 5.98. The van der Waals surface area contributed by atoms with E-state index in [1.165, 1.54) is 22.5 Å². The maximum absolute atomic E-state index is 12.8. The van der Waals surface area contributed by atoms with Crippen molar-refractivity contribution < 1.29 is 13.2 Å². The van der Waals surface area contributed by atoms with E-state index >= 15 is 0 Å². The third-order valence-electron chi connectivity index (χ3n) is 3.44. The van der Waals surface area contributed by atoms with Crippen molar-refractivity contribution in [1.29, 1.82) is 0 Å². The Bertz CT molecular complexity index is 559. The van der Waals surface area contributed by atoms with Gasteiger partial charge in [0.05, 0.1) is 22.2 Å². The maximum Gasteiger partial charge on any atom is 0.243 e. The zero-order valence-corrected chi connectivity index (χ0v) is 14.2. The lowest BCUT2D eigenvalue weighted by Crippen LogP contribution is -2.41. The highest BCUT2D eigenvalue weighted by molar-refractivity contribution is 7.89. The Morgan fingerprint density at radius 2 is 1.95 bits per heavy atom. The quantitative estimate of drug-likeness (QED) is 0.742. The van der Waals surface area contributed by atoms with Crippen LogP contribution in [0.5, 0.6) is 0 Å². The molecule has 7 heteroatoms. The van der Waals surface area contributed by atoms with Crippen LogP contribution in [0.4, 0.5) is 5.69 Å². The highest BCUT2D eigenvalue weighted by Gasteiger charge is 2.29. The summed E-state index contributed by atoms with van der Waals surface area (Å²) in [7, 11) is -2.07. The van der Waals surface area contributed by atoms with Crippen LogP contribution in [0.1, 0.15) is 26.7 Å². The first-order valence-corrected chi connectivity index (χ1v) is 8.76. The monoisotopic (exact) mass is 334 g/mol. The van der Waals surface area contributed by atoms with Crippen LogP contribution in [0.2, 0.25) is 5.02 Å². The maximum atomic E-state index is 12.8. The van der Waals surface area contributed by atoms with Crippen LogP contribution in [-0.4, -0.2) is 39.0 Å². The molecule has 0 fully saturated rings. The molecule has 0 saturated heterocycles. The summed E-state index contributed by atoms with van der Waals surface area (Å²) in [6.45, 7) is 4.60. The second-order valence-electron chi connectivity index (χ2n) is 4.76. The second-order valence-corrected chi connectivity index (χ2v) is 7.06. The van der Waals surface area contributed by atoms with Crippen LogP contribution in [-0.2, 0) is 14.8 Å². The normalized spacial score (nSPS) is 12.3. The number of sulfonamides is 1. The molecule has 1 aromatic rings. The van der Waals surface area contributed by atoms with Gasteiger partial charge in [-0.25, -0.2) is 8.42 Å². The fourth-order valence-corrected chi connectivity index (χ4v) is 4.10. The number of anilines is 1. The van der Waals surface area contributed by atoms with E-state index in [2.05, 4.69) is 0 Å². The van der Waals surface area contributed by atoms with Crippen LogP contribution >= 0.6 is 11.6 Å². The Balaban J connectivity index is 3.21. The number of nitrogens with two attached hydrogens (primary N) is 1. The van der Waals surface area contributed by atoms with Gasteiger partial charge in [-0.05, 0) is 31.0 Å².